The molecule has 1 amide bonds. The van der Waals surface area contributed by atoms with Crippen LogP contribution in [0.15, 0.2) is 36.5 Å². The van der Waals surface area contributed by atoms with Crippen molar-refractivity contribution in [3.63, 3.8) is 0 Å². The molecule has 94 valence electrons. The number of hydrogen-bond donors (Lipinski definition) is 1. The van der Waals surface area contributed by atoms with Crippen molar-refractivity contribution in [1.29, 1.82) is 5.26 Å². The summed E-state index contributed by atoms with van der Waals surface area (Å²) in [5, 5.41) is 11.0. The minimum absolute atomic E-state index is 0.0729. The van der Waals surface area contributed by atoms with Crippen LogP contribution in [-0.2, 0) is 0 Å². The molecule has 1 heterocycles. The van der Waals surface area contributed by atoms with Gasteiger partial charge in [0.2, 0.25) is 0 Å². The number of pyridine rings is 1. The Morgan fingerprint density at radius 1 is 1.21 bits per heavy atom. The number of nitrogens with one attached hydrogen (secondary N) is 1. The van der Waals surface area contributed by atoms with Gasteiger partial charge in [-0.1, -0.05) is 0 Å². The number of rotatable bonds is 2. The predicted molar refractivity (Wildman–Crippen MR) is 63.3 cm³/mol. The largest absolute Gasteiger partial charge is 0.321 e. The highest BCUT2D eigenvalue weighted by Crippen LogP contribution is 2.14. The molecule has 0 radical (unpaired) electrons. The van der Waals surface area contributed by atoms with Crippen molar-refractivity contribution in [2.45, 2.75) is 0 Å². The average molecular weight is 259 g/mol. The molecule has 4 nitrogen and oxygen atoms in total. The van der Waals surface area contributed by atoms with Crippen molar-refractivity contribution in [1.82, 2.24) is 4.98 Å². The molecule has 0 atom stereocenters. The lowest BCUT2D eigenvalue weighted by atomic mass is 10.2. The topological polar surface area (TPSA) is 65.8 Å². The summed E-state index contributed by atoms with van der Waals surface area (Å²) in [7, 11) is 0. The zero-order valence-electron chi connectivity index (χ0n) is 9.52. The number of nitrogens with zero attached hydrogens (tertiary/aromatic N) is 2. The second kappa shape index (κ2) is 5.23. The maximum absolute atomic E-state index is 13.0. The van der Waals surface area contributed by atoms with E-state index >= 15 is 0 Å². The Balaban J connectivity index is 2.16. The second-order valence-corrected chi connectivity index (χ2v) is 3.63. The van der Waals surface area contributed by atoms with E-state index in [-0.39, 0.29) is 11.4 Å². The van der Waals surface area contributed by atoms with Crippen LogP contribution in [0.1, 0.15) is 16.1 Å². The Morgan fingerprint density at radius 3 is 2.58 bits per heavy atom. The number of halogens is 2. The molecule has 2 aromatic rings. The molecule has 0 saturated heterocycles. The van der Waals surface area contributed by atoms with Gasteiger partial charge in [0.15, 0.2) is 11.6 Å². The van der Waals surface area contributed by atoms with Crippen molar-refractivity contribution in [3.05, 3.63) is 59.4 Å². The third kappa shape index (κ3) is 2.90. The van der Waals surface area contributed by atoms with E-state index in [2.05, 4.69) is 10.3 Å². The molecule has 0 aliphatic carbocycles. The van der Waals surface area contributed by atoms with Crippen LogP contribution in [0.25, 0.3) is 0 Å². The zero-order chi connectivity index (χ0) is 13.8. The van der Waals surface area contributed by atoms with Crippen molar-refractivity contribution in [2.75, 3.05) is 5.32 Å². The summed E-state index contributed by atoms with van der Waals surface area (Å²) in [5.74, 6) is -2.62. The normalized spacial score (nSPS) is 9.74. The van der Waals surface area contributed by atoms with Crippen LogP contribution >= 0.6 is 0 Å². The first kappa shape index (κ1) is 12.6. The summed E-state index contributed by atoms with van der Waals surface area (Å²) in [6, 6.07) is 7.70. The highest BCUT2D eigenvalue weighted by molar-refractivity contribution is 6.02. The fourth-order valence-electron chi connectivity index (χ4n) is 1.36. The first-order chi connectivity index (χ1) is 9.10. The Kier molecular flexibility index (Phi) is 3.48. The van der Waals surface area contributed by atoms with Crippen LogP contribution < -0.4 is 5.32 Å². The van der Waals surface area contributed by atoms with Gasteiger partial charge < -0.3 is 5.32 Å². The number of amides is 1. The first-order valence-electron chi connectivity index (χ1n) is 5.22. The molecule has 19 heavy (non-hydrogen) atoms. The van der Waals surface area contributed by atoms with Crippen LogP contribution in [0.2, 0.25) is 0 Å². The highest BCUT2D eigenvalue weighted by Gasteiger charge is 2.09. The lowest BCUT2D eigenvalue weighted by molar-refractivity contribution is 0.102. The van der Waals surface area contributed by atoms with Gasteiger partial charge in [-0.2, -0.15) is 5.26 Å². The number of benzene rings is 1. The van der Waals surface area contributed by atoms with Gasteiger partial charge in [-0.3, -0.25) is 4.79 Å². The average Bonchev–Trinajstić information content (AvgIpc) is 2.43. The van der Waals surface area contributed by atoms with Crippen LogP contribution in [-0.4, -0.2) is 10.9 Å². The third-order valence-electron chi connectivity index (χ3n) is 2.30. The summed E-state index contributed by atoms with van der Waals surface area (Å²) in [5.41, 5.74) is 0.517. The predicted octanol–water partition coefficient (Wildman–Crippen LogP) is 2.48. The molecule has 0 unspecified atom stereocenters. The van der Waals surface area contributed by atoms with E-state index in [4.69, 9.17) is 5.26 Å². The quantitative estimate of drug-likeness (QED) is 0.901. The first-order valence-corrected chi connectivity index (χ1v) is 5.22. The van der Waals surface area contributed by atoms with Crippen LogP contribution in [0, 0.1) is 23.0 Å². The highest BCUT2D eigenvalue weighted by atomic mass is 19.2. The van der Waals surface area contributed by atoms with E-state index in [1.165, 1.54) is 24.4 Å². The molecule has 0 bridgehead atoms. The smallest absolute Gasteiger partial charge is 0.274 e. The third-order valence-corrected chi connectivity index (χ3v) is 2.30. The Labute approximate surface area is 107 Å². The lowest BCUT2D eigenvalue weighted by Gasteiger charge is -2.04. The number of hydrogen-bond acceptors (Lipinski definition) is 3. The number of carbonyl (C=O) groups excluding carboxylic acids is 1. The summed E-state index contributed by atoms with van der Waals surface area (Å²) in [6.07, 6.45) is 1.25. The van der Waals surface area contributed by atoms with Gasteiger partial charge >= 0.3 is 0 Å². The fourth-order valence-corrected chi connectivity index (χ4v) is 1.36. The van der Waals surface area contributed by atoms with Crippen LogP contribution in [0.5, 0.6) is 0 Å². The standard InChI is InChI=1S/C13H7F2N3O/c14-10-3-2-9(5-11(10)15)18-13(19)12-4-1-8(6-16)7-17-12/h1-5,7H,(H,18,19). The van der Waals surface area contributed by atoms with Crippen LogP contribution in [0.3, 0.4) is 0 Å². The van der Waals surface area contributed by atoms with Gasteiger partial charge in [0.1, 0.15) is 11.8 Å². The van der Waals surface area contributed by atoms with Crippen molar-refractivity contribution >= 4 is 11.6 Å². The van der Waals surface area contributed by atoms with Crippen molar-refractivity contribution in [3.8, 4) is 6.07 Å². The van der Waals surface area contributed by atoms with E-state index in [0.29, 0.717) is 5.56 Å². The molecule has 0 aliphatic heterocycles. The minimum atomic E-state index is -1.05. The van der Waals surface area contributed by atoms with Gasteiger partial charge in [0.25, 0.3) is 5.91 Å². The lowest BCUT2D eigenvalue weighted by Crippen LogP contribution is -2.13. The zero-order valence-corrected chi connectivity index (χ0v) is 9.52. The minimum Gasteiger partial charge on any atom is -0.321 e. The summed E-state index contributed by atoms with van der Waals surface area (Å²) in [6.45, 7) is 0. The van der Waals surface area contributed by atoms with Gasteiger partial charge in [-0.15, -0.1) is 0 Å². The molecular weight excluding hydrogens is 252 g/mol. The number of nitriles is 1. The Bertz CT molecular complexity index is 663. The monoisotopic (exact) mass is 259 g/mol. The number of aromatic nitrogens is 1. The van der Waals surface area contributed by atoms with Gasteiger partial charge in [-0.05, 0) is 24.3 Å². The molecule has 0 saturated carbocycles. The van der Waals surface area contributed by atoms with E-state index < -0.39 is 17.5 Å². The van der Waals surface area contributed by atoms with Crippen molar-refractivity contribution in [2.24, 2.45) is 0 Å². The fraction of sp³-hybridized carbons (Fsp3) is 0. The number of anilines is 1. The SMILES string of the molecule is N#Cc1ccc(C(=O)Nc2ccc(F)c(F)c2)nc1. The summed E-state index contributed by atoms with van der Waals surface area (Å²) >= 11 is 0. The molecule has 1 N–H and O–H groups in total. The van der Waals surface area contributed by atoms with E-state index in [9.17, 15) is 13.6 Å². The number of carbonyl (C=O) groups is 1. The van der Waals surface area contributed by atoms with E-state index in [1.54, 1.807) is 0 Å². The van der Waals surface area contributed by atoms with Crippen molar-refractivity contribution < 1.29 is 13.6 Å². The van der Waals surface area contributed by atoms with Crippen LogP contribution in [0.4, 0.5) is 14.5 Å². The van der Waals surface area contributed by atoms with E-state index in [0.717, 1.165) is 12.1 Å². The summed E-state index contributed by atoms with van der Waals surface area (Å²) in [4.78, 5) is 15.5. The maximum Gasteiger partial charge on any atom is 0.274 e. The molecular formula is C13H7F2N3O. The maximum atomic E-state index is 13.0. The molecule has 0 aliphatic rings. The molecule has 0 fully saturated rings. The molecule has 0 spiro atoms. The molecule has 6 heteroatoms. The Hall–Kier alpha value is -2.81. The molecule has 1 aromatic carbocycles. The summed E-state index contributed by atoms with van der Waals surface area (Å²) < 4.78 is 25.7. The second-order valence-electron chi connectivity index (χ2n) is 3.63. The molecule has 1 aromatic heterocycles. The van der Waals surface area contributed by atoms with Gasteiger partial charge in [0, 0.05) is 18.0 Å². The van der Waals surface area contributed by atoms with Gasteiger partial charge in [0.05, 0.1) is 5.56 Å². The van der Waals surface area contributed by atoms with E-state index in [1.807, 2.05) is 6.07 Å². The Morgan fingerprint density at radius 2 is 2.00 bits per heavy atom. The molecule has 2 rings (SSSR count). The van der Waals surface area contributed by atoms with Gasteiger partial charge in [-0.25, -0.2) is 13.8 Å².